The Morgan fingerprint density at radius 3 is 2.62 bits per heavy atom. The summed E-state index contributed by atoms with van der Waals surface area (Å²) in [5.74, 6) is -0.0403. The van der Waals surface area contributed by atoms with Gasteiger partial charge in [-0.3, -0.25) is 9.59 Å². The molecule has 1 aromatic rings. The van der Waals surface area contributed by atoms with Gasteiger partial charge in [0.2, 0.25) is 5.56 Å². The molecule has 1 aliphatic carbocycles. The first-order valence-corrected chi connectivity index (χ1v) is 7.92. The van der Waals surface area contributed by atoms with Gasteiger partial charge in [-0.15, -0.1) is 0 Å². The molecular weight excluding hydrogens is 266 g/mol. The summed E-state index contributed by atoms with van der Waals surface area (Å²) in [6.07, 6.45) is 9.29. The van der Waals surface area contributed by atoms with Crippen LogP contribution in [-0.4, -0.2) is 34.9 Å². The van der Waals surface area contributed by atoms with Crippen LogP contribution in [0.1, 0.15) is 55.3 Å². The smallest absolute Gasteiger partial charge is 0.254 e. The Balaban J connectivity index is 2.17. The van der Waals surface area contributed by atoms with Gasteiger partial charge in [-0.2, -0.15) is 0 Å². The number of H-pyrrole nitrogens is 1. The highest BCUT2D eigenvalue weighted by atomic mass is 16.2. The Labute approximate surface area is 125 Å². The Bertz CT molecular complexity index is 504. The van der Waals surface area contributed by atoms with Crippen LogP contribution in [0, 0.1) is 0 Å². The fourth-order valence-electron chi connectivity index (χ4n) is 3.02. The summed E-state index contributed by atoms with van der Waals surface area (Å²) in [6.45, 7) is 1.25. The largest absolute Gasteiger partial charge is 0.336 e. The van der Waals surface area contributed by atoms with Crippen LogP contribution in [0.3, 0.4) is 0 Å². The van der Waals surface area contributed by atoms with Crippen LogP contribution in [0.4, 0.5) is 0 Å². The lowest BCUT2D eigenvalue weighted by atomic mass is 10.1. The van der Waals surface area contributed by atoms with Gasteiger partial charge in [0.25, 0.3) is 5.91 Å². The van der Waals surface area contributed by atoms with Crippen molar-refractivity contribution in [1.82, 2.24) is 9.88 Å². The number of hydrogen-bond acceptors (Lipinski definition) is 3. The third kappa shape index (κ3) is 4.43. The summed E-state index contributed by atoms with van der Waals surface area (Å²) in [5, 5.41) is 0. The van der Waals surface area contributed by atoms with E-state index >= 15 is 0 Å². The van der Waals surface area contributed by atoms with Crippen molar-refractivity contribution in [3.05, 3.63) is 34.2 Å². The van der Waals surface area contributed by atoms with Crippen LogP contribution in [-0.2, 0) is 0 Å². The number of nitrogens with two attached hydrogens (primary N) is 1. The summed E-state index contributed by atoms with van der Waals surface area (Å²) in [7, 11) is 0. The van der Waals surface area contributed by atoms with Gasteiger partial charge >= 0.3 is 0 Å². The molecule has 3 N–H and O–H groups in total. The Morgan fingerprint density at radius 1 is 1.29 bits per heavy atom. The fourth-order valence-corrected chi connectivity index (χ4v) is 3.02. The average molecular weight is 291 g/mol. The zero-order valence-corrected chi connectivity index (χ0v) is 12.5. The second-order valence-electron chi connectivity index (χ2n) is 5.73. The predicted molar refractivity (Wildman–Crippen MR) is 83.3 cm³/mol. The molecule has 116 valence electrons. The Hall–Kier alpha value is -1.62. The minimum Gasteiger partial charge on any atom is -0.336 e. The number of aromatic nitrogens is 1. The molecule has 0 aromatic carbocycles. The number of carbonyl (C=O) groups is 1. The van der Waals surface area contributed by atoms with Gasteiger partial charge in [0.15, 0.2) is 0 Å². The summed E-state index contributed by atoms with van der Waals surface area (Å²) >= 11 is 0. The lowest BCUT2D eigenvalue weighted by Gasteiger charge is -2.31. The first kappa shape index (κ1) is 15.8. The van der Waals surface area contributed by atoms with Crippen LogP contribution in [0.15, 0.2) is 23.1 Å². The standard InChI is InChI=1S/C16H25N3O2/c17-9-5-11-19(14-6-3-1-2-4-7-14)16(21)13-8-10-18-15(20)12-13/h8,10,12,14H,1-7,9,11,17H2,(H,18,20). The maximum Gasteiger partial charge on any atom is 0.254 e. The molecule has 0 unspecified atom stereocenters. The molecule has 0 spiro atoms. The molecule has 1 aliphatic rings. The first-order valence-electron chi connectivity index (χ1n) is 7.92. The lowest BCUT2D eigenvalue weighted by molar-refractivity contribution is 0.0658. The number of hydrogen-bond donors (Lipinski definition) is 2. The highest BCUT2D eigenvalue weighted by Crippen LogP contribution is 2.23. The molecule has 1 heterocycles. The van der Waals surface area contributed by atoms with E-state index in [1.807, 2.05) is 4.90 Å². The van der Waals surface area contributed by atoms with Gasteiger partial charge in [0.05, 0.1) is 0 Å². The summed E-state index contributed by atoms with van der Waals surface area (Å²) in [5.41, 5.74) is 5.84. The lowest BCUT2D eigenvalue weighted by Crippen LogP contribution is -2.41. The third-order valence-corrected chi connectivity index (χ3v) is 4.15. The van der Waals surface area contributed by atoms with Crippen molar-refractivity contribution in [2.75, 3.05) is 13.1 Å². The van der Waals surface area contributed by atoms with E-state index in [0.717, 1.165) is 19.3 Å². The molecule has 1 fully saturated rings. The molecule has 0 aliphatic heterocycles. The number of aromatic amines is 1. The molecule has 5 nitrogen and oxygen atoms in total. The average Bonchev–Trinajstić information content (AvgIpc) is 2.77. The van der Waals surface area contributed by atoms with Crippen LogP contribution in [0.25, 0.3) is 0 Å². The number of nitrogens with one attached hydrogen (secondary N) is 1. The fraction of sp³-hybridized carbons (Fsp3) is 0.625. The zero-order chi connectivity index (χ0) is 15.1. The van der Waals surface area contributed by atoms with E-state index in [9.17, 15) is 9.59 Å². The van der Waals surface area contributed by atoms with Crippen molar-refractivity contribution in [3.63, 3.8) is 0 Å². The maximum absolute atomic E-state index is 12.7. The van der Waals surface area contributed by atoms with Crippen LogP contribution in [0.2, 0.25) is 0 Å². The zero-order valence-electron chi connectivity index (χ0n) is 12.5. The molecule has 1 amide bonds. The van der Waals surface area contributed by atoms with E-state index in [1.165, 1.54) is 37.9 Å². The van der Waals surface area contributed by atoms with Crippen molar-refractivity contribution in [3.8, 4) is 0 Å². The van der Waals surface area contributed by atoms with E-state index in [1.54, 1.807) is 6.07 Å². The highest BCUT2D eigenvalue weighted by molar-refractivity contribution is 5.94. The number of pyridine rings is 1. The molecule has 0 bridgehead atoms. The molecule has 5 heteroatoms. The van der Waals surface area contributed by atoms with E-state index < -0.39 is 0 Å². The molecule has 1 aromatic heterocycles. The molecule has 2 rings (SSSR count). The van der Waals surface area contributed by atoms with Gasteiger partial charge in [0.1, 0.15) is 0 Å². The SMILES string of the molecule is NCCCN(C(=O)c1cc[nH]c(=O)c1)C1CCCCCC1. The van der Waals surface area contributed by atoms with Gasteiger partial charge in [-0.05, 0) is 31.9 Å². The molecule has 0 saturated heterocycles. The van der Waals surface area contributed by atoms with Crippen molar-refractivity contribution >= 4 is 5.91 Å². The minimum absolute atomic E-state index is 0.0403. The minimum atomic E-state index is -0.236. The van der Waals surface area contributed by atoms with Gasteiger partial charge < -0.3 is 15.6 Å². The number of carbonyl (C=O) groups excluding carboxylic acids is 1. The van der Waals surface area contributed by atoms with Gasteiger partial charge in [-0.1, -0.05) is 25.7 Å². The third-order valence-electron chi connectivity index (χ3n) is 4.15. The first-order chi connectivity index (χ1) is 10.2. The van der Waals surface area contributed by atoms with Crippen molar-refractivity contribution in [2.45, 2.75) is 51.0 Å². The van der Waals surface area contributed by atoms with Gasteiger partial charge in [-0.25, -0.2) is 0 Å². The summed E-state index contributed by atoms with van der Waals surface area (Å²) < 4.78 is 0. The van der Waals surface area contributed by atoms with Crippen molar-refractivity contribution in [1.29, 1.82) is 0 Å². The molecular formula is C16H25N3O2. The van der Waals surface area contributed by atoms with Crippen LogP contribution in [0.5, 0.6) is 0 Å². The Morgan fingerprint density at radius 2 is 2.00 bits per heavy atom. The molecule has 21 heavy (non-hydrogen) atoms. The normalized spacial score (nSPS) is 16.4. The second kappa shape index (κ2) is 7.98. The topological polar surface area (TPSA) is 79.2 Å². The van der Waals surface area contributed by atoms with Crippen molar-refractivity contribution < 1.29 is 4.79 Å². The van der Waals surface area contributed by atoms with E-state index in [4.69, 9.17) is 5.73 Å². The van der Waals surface area contributed by atoms with Crippen LogP contribution >= 0.6 is 0 Å². The maximum atomic E-state index is 12.7. The Kier molecular flexibility index (Phi) is 5.99. The second-order valence-corrected chi connectivity index (χ2v) is 5.73. The quantitative estimate of drug-likeness (QED) is 0.813. The summed E-state index contributed by atoms with van der Waals surface area (Å²) in [4.78, 5) is 28.7. The highest BCUT2D eigenvalue weighted by Gasteiger charge is 2.25. The monoisotopic (exact) mass is 291 g/mol. The summed E-state index contributed by atoms with van der Waals surface area (Å²) in [6, 6.07) is 3.34. The molecule has 0 radical (unpaired) electrons. The molecule has 0 atom stereocenters. The van der Waals surface area contributed by atoms with Crippen LogP contribution < -0.4 is 11.3 Å². The predicted octanol–water partition coefficient (Wildman–Crippen LogP) is 1.89. The molecule has 1 saturated carbocycles. The van der Waals surface area contributed by atoms with E-state index in [2.05, 4.69) is 4.98 Å². The number of amides is 1. The van der Waals surface area contributed by atoms with Gasteiger partial charge in [0, 0.05) is 30.4 Å². The number of nitrogens with zero attached hydrogens (tertiary/aromatic N) is 1. The van der Waals surface area contributed by atoms with E-state index in [0.29, 0.717) is 18.7 Å². The van der Waals surface area contributed by atoms with Crippen molar-refractivity contribution in [2.24, 2.45) is 5.73 Å². The number of rotatable bonds is 5. The van der Waals surface area contributed by atoms with E-state index in [-0.39, 0.29) is 17.5 Å².